The Morgan fingerprint density at radius 3 is 2.65 bits per heavy atom. The standard InChI is InChI=1S/C18H24N2O2S/c1-4-18-19-14(12-23-18)11-20(15-5-6-15)10-13-9-16(21-2)7-8-17(13)22-3/h7-9,12,15H,4-6,10-11H2,1-3H3. The van der Waals surface area contributed by atoms with E-state index in [1.165, 1.54) is 29.1 Å². The van der Waals surface area contributed by atoms with Crippen molar-refractivity contribution >= 4 is 11.3 Å². The fraction of sp³-hybridized carbons (Fsp3) is 0.500. The van der Waals surface area contributed by atoms with Crippen LogP contribution in [0.2, 0.25) is 0 Å². The topological polar surface area (TPSA) is 34.6 Å². The van der Waals surface area contributed by atoms with Crippen molar-refractivity contribution in [2.75, 3.05) is 14.2 Å². The van der Waals surface area contributed by atoms with Gasteiger partial charge in [-0.3, -0.25) is 4.90 Å². The minimum absolute atomic E-state index is 0.665. The summed E-state index contributed by atoms with van der Waals surface area (Å²) in [5.74, 6) is 1.79. The Kier molecular flexibility index (Phi) is 5.18. The van der Waals surface area contributed by atoms with Gasteiger partial charge in [0.25, 0.3) is 0 Å². The lowest BCUT2D eigenvalue weighted by Gasteiger charge is -2.22. The number of hydrogen-bond acceptors (Lipinski definition) is 5. The Balaban J connectivity index is 1.77. The van der Waals surface area contributed by atoms with E-state index < -0.39 is 0 Å². The van der Waals surface area contributed by atoms with E-state index in [-0.39, 0.29) is 0 Å². The average Bonchev–Trinajstić information content (AvgIpc) is 3.33. The van der Waals surface area contributed by atoms with E-state index in [4.69, 9.17) is 14.5 Å². The molecule has 2 aromatic rings. The van der Waals surface area contributed by atoms with Crippen molar-refractivity contribution in [1.29, 1.82) is 0 Å². The molecule has 23 heavy (non-hydrogen) atoms. The zero-order chi connectivity index (χ0) is 16.2. The highest BCUT2D eigenvalue weighted by molar-refractivity contribution is 7.09. The molecule has 1 fully saturated rings. The molecule has 0 N–H and O–H groups in total. The van der Waals surface area contributed by atoms with Crippen molar-refractivity contribution in [2.45, 2.75) is 45.3 Å². The van der Waals surface area contributed by atoms with Crippen molar-refractivity contribution in [2.24, 2.45) is 0 Å². The van der Waals surface area contributed by atoms with Crippen LogP contribution in [0, 0.1) is 0 Å². The first-order chi connectivity index (χ1) is 11.2. The number of methoxy groups -OCH3 is 2. The predicted octanol–water partition coefficient (Wildman–Crippen LogP) is 3.89. The van der Waals surface area contributed by atoms with Gasteiger partial charge in [0, 0.05) is 30.1 Å². The normalized spacial score (nSPS) is 14.3. The molecule has 4 nitrogen and oxygen atoms in total. The maximum absolute atomic E-state index is 5.52. The number of hydrogen-bond donors (Lipinski definition) is 0. The fourth-order valence-electron chi connectivity index (χ4n) is 2.77. The molecule has 1 aliphatic rings. The lowest BCUT2D eigenvalue weighted by Crippen LogP contribution is -2.25. The Labute approximate surface area is 142 Å². The first-order valence-corrected chi connectivity index (χ1v) is 8.99. The molecule has 1 aromatic heterocycles. The molecule has 0 aliphatic heterocycles. The molecule has 124 valence electrons. The molecule has 0 saturated heterocycles. The van der Waals surface area contributed by atoms with Gasteiger partial charge in [0.2, 0.25) is 0 Å². The summed E-state index contributed by atoms with van der Waals surface area (Å²) in [7, 11) is 3.42. The predicted molar refractivity (Wildman–Crippen MR) is 93.3 cm³/mol. The summed E-state index contributed by atoms with van der Waals surface area (Å²) in [5.41, 5.74) is 2.35. The van der Waals surface area contributed by atoms with E-state index in [0.717, 1.165) is 31.0 Å². The van der Waals surface area contributed by atoms with Gasteiger partial charge >= 0.3 is 0 Å². The molecule has 0 spiro atoms. The number of ether oxygens (including phenoxy) is 2. The van der Waals surface area contributed by atoms with Gasteiger partial charge in [-0.2, -0.15) is 0 Å². The summed E-state index contributed by atoms with van der Waals surface area (Å²) >= 11 is 1.76. The highest BCUT2D eigenvalue weighted by Crippen LogP contribution is 2.33. The third-order valence-electron chi connectivity index (χ3n) is 4.19. The van der Waals surface area contributed by atoms with Crippen molar-refractivity contribution in [1.82, 2.24) is 9.88 Å². The molecule has 0 radical (unpaired) electrons. The highest BCUT2D eigenvalue weighted by Gasteiger charge is 2.30. The summed E-state index contributed by atoms with van der Waals surface area (Å²) in [6, 6.07) is 6.67. The molecule has 1 heterocycles. The monoisotopic (exact) mass is 332 g/mol. The van der Waals surface area contributed by atoms with Gasteiger partial charge in [0.1, 0.15) is 11.5 Å². The number of nitrogens with zero attached hydrogens (tertiary/aromatic N) is 2. The quantitative estimate of drug-likeness (QED) is 0.734. The smallest absolute Gasteiger partial charge is 0.123 e. The van der Waals surface area contributed by atoms with E-state index >= 15 is 0 Å². The largest absolute Gasteiger partial charge is 0.497 e. The zero-order valence-electron chi connectivity index (χ0n) is 14.0. The number of aromatic nitrogens is 1. The van der Waals surface area contributed by atoms with Gasteiger partial charge in [-0.25, -0.2) is 4.98 Å². The lowest BCUT2D eigenvalue weighted by molar-refractivity contribution is 0.239. The molecule has 0 unspecified atom stereocenters. The van der Waals surface area contributed by atoms with Crippen LogP contribution in [0.1, 0.15) is 36.0 Å². The van der Waals surface area contributed by atoms with Gasteiger partial charge in [-0.15, -0.1) is 11.3 Å². The number of benzene rings is 1. The van der Waals surface area contributed by atoms with Crippen LogP contribution in [-0.2, 0) is 19.5 Å². The average molecular weight is 332 g/mol. The SMILES string of the molecule is CCc1nc(CN(Cc2cc(OC)ccc2OC)C2CC2)cs1. The molecule has 3 rings (SSSR count). The van der Waals surface area contributed by atoms with Gasteiger partial charge in [0.15, 0.2) is 0 Å². The number of rotatable bonds is 8. The molecule has 1 aromatic carbocycles. The van der Waals surface area contributed by atoms with Gasteiger partial charge in [-0.1, -0.05) is 6.92 Å². The second-order valence-electron chi connectivity index (χ2n) is 5.90. The molecule has 0 amide bonds. The van der Waals surface area contributed by atoms with E-state index in [0.29, 0.717) is 6.04 Å². The van der Waals surface area contributed by atoms with Crippen molar-refractivity contribution < 1.29 is 9.47 Å². The molecular formula is C18H24N2O2S. The van der Waals surface area contributed by atoms with E-state index in [1.54, 1.807) is 25.6 Å². The minimum Gasteiger partial charge on any atom is -0.497 e. The molecule has 5 heteroatoms. The molecular weight excluding hydrogens is 308 g/mol. The van der Waals surface area contributed by atoms with Crippen LogP contribution in [-0.4, -0.2) is 30.1 Å². The van der Waals surface area contributed by atoms with Crippen LogP contribution >= 0.6 is 11.3 Å². The van der Waals surface area contributed by atoms with E-state index in [1.807, 2.05) is 12.1 Å². The fourth-order valence-corrected chi connectivity index (χ4v) is 3.51. The first kappa shape index (κ1) is 16.3. The van der Waals surface area contributed by atoms with Crippen LogP contribution in [0.3, 0.4) is 0 Å². The van der Waals surface area contributed by atoms with E-state index in [9.17, 15) is 0 Å². The van der Waals surface area contributed by atoms with Crippen molar-refractivity contribution in [3.63, 3.8) is 0 Å². The van der Waals surface area contributed by atoms with Gasteiger partial charge in [-0.05, 0) is 37.5 Å². The highest BCUT2D eigenvalue weighted by atomic mass is 32.1. The summed E-state index contributed by atoms with van der Waals surface area (Å²) in [6.45, 7) is 3.92. The second kappa shape index (κ2) is 7.32. The third-order valence-corrected chi connectivity index (χ3v) is 5.23. The maximum Gasteiger partial charge on any atom is 0.123 e. The Hall–Kier alpha value is -1.59. The number of thiazole rings is 1. The van der Waals surface area contributed by atoms with Crippen molar-refractivity contribution in [3.8, 4) is 11.5 Å². The molecule has 1 saturated carbocycles. The van der Waals surface area contributed by atoms with Crippen molar-refractivity contribution in [3.05, 3.63) is 39.8 Å². The van der Waals surface area contributed by atoms with Crippen LogP contribution in [0.15, 0.2) is 23.6 Å². The van der Waals surface area contributed by atoms with Gasteiger partial charge in [0.05, 0.1) is 24.9 Å². The lowest BCUT2D eigenvalue weighted by atomic mass is 10.1. The summed E-state index contributed by atoms with van der Waals surface area (Å²) < 4.78 is 10.9. The van der Waals surface area contributed by atoms with E-state index in [2.05, 4.69) is 23.3 Å². The van der Waals surface area contributed by atoms with Crippen LogP contribution < -0.4 is 9.47 Å². The molecule has 1 aliphatic carbocycles. The maximum atomic E-state index is 5.52. The van der Waals surface area contributed by atoms with Crippen LogP contribution in [0.4, 0.5) is 0 Å². The Morgan fingerprint density at radius 2 is 2.04 bits per heavy atom. The Bertz CT molecular complexity index is 652. The summed E-state index contributed by atoms with van der Waals surface area (Å²) in [5, 5.41) is 3.41. The first-order valence-electron chi connectivity index (χ1n) is 8.11. The van der Waals surface area contributed by atoms with Crippen LogP contribution in [0.5, 0.6) is 11.5 Å². The molecule has 0 atom stereocenters. The minimum atomic E-state index is 0.665. The number of aryl methyl sites for hydroxylation is 1. The summed E-state index contributed by atoms with van der Waals surface area (Å²) in [6.07, 6.45) is 3.56. The zero-order valence-corrected chi connectivity index (χ0v) is 14.9. The molecule has 0 bridgehead atoms. The summed E-state index contributed by atoms with van der Waals surface area (Å²) in [4.78, 5) is 7.22. The third kappa shape index (κ3) is 4.03. The van der Waals surface area contributed by atoms with Crippen LogP contribution in [0.25, 0.3) is 0 Å². The van der Waals surface area contributed by atoms with Gasteiger partial charge < -0.3 is 9.47 Å². The Morgan fingerprint density at radius 1 is 1.22 bits per heavy atom. The second-order valence-corrected chi connectivity index (χ2v) is 6.84.